The number of nitrogens with two attached hydrogens (primary N) is 1. The van der Waals surface area contributed by atoms with Gasteiger partial charge in [0, 0.05) is 10.7 Å². The fraction of sp³-hybridized carbons (Fsp3) is 0.0556. The predicted molar refractivity (Wildman–Crippen MR) is 110 cm³/mol. The first-order valence-corrected chi connectivity index (χ1v) is 9.35. The molecule has 0 heterocycles. The fourth-order valence-corrected chi connectivity index (χ4v) is 3.57. The third-order valence-electron chi connectivity index (χ3n) is 3.16. The molecule has 3 N–H and O–H groups in total. The van der Waals surface area contributed by atoms with Gasteiger partial charge in [0.15, 0.2) is 6.61 Å². The second kappa shape index (κ2) is 9.55. The van der Waals surface area contributed by atoms with E-state index in [0.29, 0.717) is 31.0 Å². The van der Waals surface area contributed by atoms with Gasteiger partial charge in [-0.2, -0.15) is 5.26 Å². The molecule has 27 heavy (non-hydrogen) atoms. The van der Waals surface area contributed by atoms with Crippen molar-refractivity contribution < 1.29 is 14.3 Å². The average Bonchev–Trinajstić information content (AvgIpc) is 2.60. The number of ether oxygens (including phenoxy) is 1. The van der Waals surface area contributed by atoms with Crippen molar-refractivity contribution in [2.24, 2.45) is 5.73 Å². The summed E-state index contributed by atoms with van der Waals surface area (Å²) in [6.07, 6.45) is 1.43. The zero-order chi connectivity index (χ0) is 20.0. The summed E-state index contributed by atoms with van der Waals surface area (Å²) < 4.78 is 6.36. The third-order valence-corrected chi connectivity index (χ3v) is 4.59. The molecule has 2 aromatic carbocycles. The largest absolute Gasteiger partial charge is 0.481 e. The van der Waals surface area contributed by atoms with Crippen molar-refractivity contribution in [1.82, 2.24) is 0 Å². The number of benzene rings is 2. The Morgan fingerprint density at radius 2 is 1.81 bits per heavy atom. The molecule has 2 amide bonds. The van der Waals surface area contributed by atoms with E-state index < -0.39 is 11.8 Å². The maximum absolute atomic E-state index is 12.3. The van der Waals surface area contributed by atoms with Crippen molar-refractivity contribution in [1.29, 1.82) is 5.26 Å². The van der Waals surface area contributed by atoms with Crippen molar-refractivity contribution >= 4 is 67.0 Å². The molecule has 0 saturated heterocycles. The van der Waals surface area contributed by atoms with E-state index in [1.807, 2.05) is 6.07 Å². The number of rotatable bonds is 6. The molecule has 0 aliphatic heterocycles. The van der Waals surface area contributed by atoms with E-state index in [4.69, 9.17) is 22.1 Å². The minimum absolute atomic E-state index is 0.0884. The summed E-state index contributed by atoms with van der Waals surface area (Å²) in [6, 6.07) is 11.7. The molecule has 0 atom stereocenters. The number of halogens is 3. The number of amides is 2. The molecule has 0 bridgehead atoms. The van der Waals surface area contributed by atoms with Crippen LogP contribution in [0.15, 0.2) is 50.9 Å². The van der Waals surface area contributed by atoms with Crippen molar-refractivity contribution in [3.05, 3.63) is 61.5 Å². The lowest BCUT2D eigenvalue weighted by Crippen LogP contribution is -2.20. The third kappa shape index (κ3) is 6.10. The summed E-state index contributed by atoms with van der Waals surface area (Å²) in [4.78, 5) is 23.2. The molecule has 0 saturated carbocycles. The first kappa shape index (κ1) is 21.0. The van der Waals surface area contributed by atoms with Crippen LogP contribution in [0.3, 0.4) is 0 Å². The molecule has 138 valence electrons. The number of hydrogen-bond donors (Lipinski definition) is 2. The molecular formula is C18H12Br2ClN3O3. The molecule has 6 nitrogen and oxygen atoms in total. The van der Waals surface area contributed by atoms with Crippen molar-refractivity contribution in [2.45, 2.75) is 0 Å². The number of nitrogens with zero attached hydrogens (tertiary/aromatic N) is 1. The van der Waals surface area contributed by atoms with Gasteiger partial charge < -0.3 is 15.8 Å². The molecule has 0 aliphatic carbocycles. The molecule has 0 aliphatic rings. The normalized spacial score (nSPS) is 10.8. The Hall–Kier alpha value is -2.34. The van der Waals surface area contributed by atoms with Crippen LogP contribution in [-0.4, -0.2) is 18.4 Å². The number of anilines is 1. The zero-order valence-electron chi connectivity index (χ0n) is 13.6. The second-order valence-corrected chi connectivity index (χ2v) is 7.34. The summed E-state index contributed by atoms with van der Waals surface area (Å²) in [6.45, 7) is -0.278. The van der Waals surface area contributed by atoms with Crippen LogP contribution < -0.4 is 15.8 Å². The van der Waals surface area contributed by atoms with Gasteiger partial charge in [-0.05, 0) is 79.9 Å². The van der Waals surface area contributed by atoms with Gasteiger partial charge in [0.2, 0.25) is 0 Å². The van der Waals surface area contributed by atoms with Gasteiger partial charge in [0.25, 0.3) is 11.8 Å². The monoisotopic (exact) mass is 511 g/mol. The summed E-state index contributed by atoms with van der Waals surface area (Å²) in [5, 5.41) is 12.5. The lowest BCUT2D eigenvalue weighted by Gasteiger charge is -2.10. The van der Waals surface area contributed by atoms with Crippen LogP contribution in [0.25, 0.3) is 6.08 Å². The van der Waals surface area contributed by atoms with Gasteiger partial charge in [0.1, 0.15) is 17.4 Å². The Morgan fingerprint density at radius 3 is 2.33 bits per heavy atom. The van der Waals surface area contributed by atoms with Crippen LogP contribution >= 0.6 is 43.5 Å². The Morgan fingerprint density at radius 1 is 1.22 bits per heavy atom. The molecule has 0 fully saturated rings. The highest BCUT2D eigenvalue weighted by Crippen LogP contribution is 2.35. The van der Waals surface area contributed by atoms with Crippen molar-refractivity contribution in [3.63, 3.8) is 0 Å². The Balaban J connectivity index is 2.23. The topological polar surface area (TPSA) is 105 Å². The van der Waals surface area contributed by atoms with Gasteiger partial charge in [-0.3, -0.25) is 9.59 Å². The maximum atomic E-state index is 12.3. The van der Waals surface area contributed by atoms with Gasteiger partial charge in [-0.25, -0.2) is 0 Å². The Labute approximate surface area is 177 Å². The van der Waals surface area contributed by atoms with E-state index >= 15 is 0 Å². The molecule has 0 spiro atoms. The number of nitriles is 1. The van der Waals surface area contributed by atoms with E-state index in [0.717, 1.165) is 0 Å². The molecular weight excluding hydrogens is 501 g/mol. The van der Waals surface area contributed by atoms with Gasteiger partial charge in [0.05, 0.1) is 8.95 Å². The Bertz CT molecular complexity index is 930. The first-order valence-electron chi connectivity index (χ1n) is 7.39. The molecule has 2 aromatic rings. The molecule has 0 radical (unpaired) electrons. The molecule has 0 aromatic heterocycles. The minimum atomic E-state index is -0.608. The SMILES string of the molecule is N#C/C(=C\c1cc(Br)c(OCC(N)=O)c(Br)c1)C(=O)Nc1ccc(Cl)cc1. The van der Waals surface area contributed by atoms with E-state index in [2.05, 4.69) is 37.2 Å². The van der Waals surface area contributed by atoms with E-state index in [9.17, 15) is 14.9 Å². The van der Waals surface area contributed by atoms with Crippen LogP contribution in [0.1, 0.15) is 5.56 Å². The van der Waals surface area contributed by atoms with E-state index in [1.54, 1.807) is 36.4 Å². The van der Waals surface area contributed by atoms with Crippen molar-refractivity contribution in [2.75, 3.05) is 11.9 Å². The number of carbonyl (C=O) groups excluding carboxylic acids is 2. The second-order valence-electron chi connectivity index (χ2n) is 5.20. The standard InChI is InChI=1S/C18H12Br2ClN3O3/c19-14-6-10(7-15(20)17(14)27-9-16(23)25)5-11(8-22)18(26)24-13-3-1-12(21)2-4-13/h1-7H,9H2,(H2,23,25)(H,24,26)/b11-5+. The van der Waals surface area contributed by atoms with Gasteiger partial charge >= 0.3 is 0 Å². The molecule has 0 unspecified atom stereocenters. The number of primary amides is 1. The van der Waals surface area contributed by atoms with E-state index in [1.165, 1.54) is 6.08 Å². The summed E-state index contributed by atoms with van der Waals surface area (Å²) in [5.41, 5.74) is 6.07. The maximum Gasteiger partial charge on any atom is 0.266 e. The van der Waals surface area contributed by atoms with E-state index in [-0.39, 0.29) is 12.2 Å². The fourth-order valence-electron chi connectivity index (χ4n) is 1.99. The summed E-state index contributed by atoms with van der Waals surface area (Å²) in [5.74, 6) is -0.778. The highest BCUT2D eigenvalue weighted by molar-refractivity contribution is 9.11. The quantitative estimate of drug-likeness (QED) is 0.444. The number of carbonyl (C=O) groups is 2. The van der Waals surface area contributed by atoms with Gasteiger partial charge in [-0.15, -0.1) is 0 Å². The highest BCUT2D eigenvalue weighted by atomic mass is 79.9. The van der Waals surface area contributed by atoms with Gasteiger partial charge in [-0.1, -0.05) is 11.6 Å². The molecule has 2 rings (SSSR count). The van der Waals surface area contributed by atoms with Crippen LogP contribution in [0.4, 0.5) is 5.69 Å². The summed E-state index contributed by atoms with van der Waals surface area (Å²) in [7, 11) is 0. The molecule has 9 heteroatoms. The van der Waals surface area contributed by atoms with Crippen LogP contribution in [-0.2, 0) is 9.59 Å². The zero-order valence-corrected chi connectivity index (χ0v) is 17.6. The van der Waals surface area contributed by atoms with Crippen LogP contribution in [0.5, 0.6) is 5.75 Å². The van der Waals surface area contributed by atoms with Crippen LogP contribution in [0.2, 0.25) is 5.02 Å². The summed E-state index contributed by atoms with van der Waals surface area (Å²) >= 11 is 12.5. The Kier molecular flexibility index (Phi) is 7.42. The lowest BCUT2D eigenvalue weighted by molar-refractivity contribution is -0.120. The average molecular weight is 514 g/mol. The lowest BCUT2D eigenvalue weighted by atomic mass is 10.1. The number of nitrogens with one attached hydrogen (secondary N) is 1. The number of hydrogen-bond acceptors (Lipinski definition) is 4. The highest BCUT2D eigenvalue weighted by Gasteiger charge is 2.13. The minimum Gasteiger partial charge on any atom is -0.481 e. The first-order chi connectivity index (χ1) is 12.8. The van der Waals surface area contributed by atoms with Crippen LogP contribution in [0, 0.1) is 11.3 Å². The van der Waals surface area contributed by atoms with Crippen molar-refractivity contribution in [3.8, 4) is 11.8 Å². The predicted octanol–water partition coefficient (Wildman–Crippen LogP) is 4.27. The smallest absolute Gasteiger partial charge is 0.266 e.